The van der Waals surface area contributed by atoms with Crippen molar-refractivity contribution in [3.63, 3.8) is 0 Å². The molecule has 1 aromatic heterocycles. The van der Waals surface area contributed by atoms with Gasteiger partial charge in [-0.3, -0.25) is 4.79 Å². The Labute approximate surface area is 105 Å². The van der Waals surface area contributed by atoms with Crippen molar-refractivity contribution < 1.29 is 9.53 Å². The predicted octanol–water partition coefficient (Wildman–Crippen LogP) is 1.34. The van der Waals surface area contributed by atoms with Crippen LogP contribution in [0.4, 0.5) is 0 Å². The molecule has 0 aliphatic rings. The lowest BCUT2D eigenvalue weighted by Crippen LogP contribution is -2.12. The third kappa shape index (κ3) is 2.14. The summed E-state index contributed by atoms with van der Waals surface area (Å²) >= 11 is 3.35. The van der Waals surface area contributed by atoms with Gasteiger partial charge in [0, 0.05) is 5.56 Å². The Morgan fingerprint density at radius 3 is 2.82 bits per heavy atom. The number of nitrogens with zero attached hydrogens (tertiary/aromatic N) is 2. The second kappa shape index (κ2) is 4.54. The van der Waals surface area contributed by atoms with Crippen LogP contribution in [0.25, 0.3) is 11.3 Å². The zero-order chi connectivity index (χ0) is 12.4. The molecule has 7 heteroatoms. The monoisotopic (exact) mass is 296 g/mol. The smallest absolute Gasteiger partial charge is 0.271 e. The number of aromatic nitrogens is 3. The number of carbonyl (C=O) groups excluding carboxylic acids is 1. The molecule has 1 heterocycles. The largest absolute Gasteiger partial charge is 0.496 e. The first-order valence-electron chi connectivity index (χ1n) is 4.68. The first-order chi connectivity index (χ1) is 8.13. The van der Waals surface area contributed by atoms with Gasteiger partial charge in [-0.25, -0.2) is 0 Å². The predicted molar refractivity (Wildman–Crippen MR) is 64.6 cm³/mol. The third-order valence-corrected chi connectivity index (χ3v) is 2.83. The minimum Gasteiger partial charge on any atom is -0.496 e. The van der Waals surface area contributed by atoms with E-state index >= 15 is 0 Å². The van der Waals surface area contributed by atoms with E-state index < -0.39 is 5.91 Å². The average molecular weight is 297 g/mol. The van der Waals surface area contributed by atoms with E-state index in [-0.39, 0.29) is 5.69 Å². The molecule has 0 atom stereocenters. The molecule has 0 bridgehead atoms. The van der Waals surface area contributed by atoms with Crippen LogP contribution in [0.15, 0.2) is 22.7 Å². The second-order valence-electron chi connectivity index (χ2n) is 3.23. The SMILES string of the molecule is COc1ccc(-c2n[nH]nc2C(N)=O)cc1Br. The zero-order valence-corrected chi connectivity index (χ0v) is 10.5. The second-order valence-corrected chi connectivity index (χ2v) is 4.09. The first kappa shape index (κ1) is 11.6. The van der Waals surface area contributed by atoms with Crippen LogP contribution in [0, 0.1) is 0 Å². The Kier molecular flexibility index (Phi) is 3.10. The molecule has 0 unspecified atom stereocenters. The Morgan fingerprint density at radius 1 is 1.47 bits per heavy atom. The lowest BCUT2D eigenvalue weighted by molar-refractivity contribution is 0.0996. The van der Waals surface area contributed by atoms with E-state index in [0.29, 0.717) is 11.4 Å². The van der Waals surface area contributed by atoms with Gasteiger partial charge in [0.15, 0.2) is 5.69 Å². The number of H-pyrrole nitrogens is 1. The summed E-state index contributed by atoms with van der Waals surface area (Å²) in [4.78, 5) is 11.1. The summed E-state index contributed by atoms with van der Waals surface area (Å²) in [7, 11) is 1.57. The molecular weight excluding hydrogens is 288 g/mol. The Hall–Kier alpha value is -1.89. The minimum absolute atomic E-state index is 0.113. The molecule has 3 N–H and O–H groups in total. The van der Waals surface area contributed by atoms with Crippen LogP contribution < -0.4 is 10.5 Å². The van der Waals surface area contributed by atoms with Crippen molar-refractivity contribution in [2.75, 3.05) is 7.11 Å². The first-order valence-corrected chi connectivity index (χ1v) is 5.47. The number of rotatable bonds is 3. The van der Waals surface area contributed by atoms with Gasteiger partial charge in [-0.05, 0) is 34.1 Å². The summed E-state index contributed by atoms with van der Waals surface area (Å²) in [5, 5.41) is 9.99. The number of hydrogen-bond acceptors (Lipinski definition) is 4. The number of amides is 1. The van der Waals surface area contributed by atoms with E-state index in [1.165, 1.54) is 0 Å². The molecule has 0 saturated carbocycles. The topological polar surface area (TPSA) is 93.9 Å². The van der Waals surface area contributed by atoms with Gasteiger partial charge in [-0.15, -0.1) is 0 Å². The number of benzene rings is 1. The van der Waals surface area contributed by atoms with Crippen LogP contribution >= 0.6 is 15.9 Å². The normalized spacial score (nSPS) is 10.2. The van der Waals surface area contributed by atoms with E-state index in [0.717, 1.165) is 10.0 Å². The fourth-order valence-corrected chi connectivity index (χ4v) is 1.96. The number of primary amides is 1. The van der Waals surface area contributed by atoms with Gasteiger partial charge < -0.3 is 10.5 Å². The minimum atomic E-state index is -0.624. The third-order valence-electron chi connectivity index (χ3n) is 2.21. The van der Waals surface area contributed by atoms with Crippen LogP contribution in [-0.4, -0.2) is 28.4 Å². The molecule has 1 amide bonds. The van der Waals surface area contributed by atoms with Crippen LogP contribution in [0.2, 0.25) is 0 Å². The Morgan fingerprint density at radius 2 is 2.24 bits per heavy atom. The summed E-state index contributed by atoms with van der Waals surface area (Å²) in [6.45, 7) is 0. The summed E-state index contributed by atoms with van der Waals surface area (Å²) in [5.41, 5.74) is 6.45. The maximum absolute atomic E-state index is 11.1. The van der Waals surface area contributed by atoms with Gasteiger partial charge in [0.25, 0.3) is 5.91 Å². The number of nitrogens with two attached hydrogens (primary N) is 1. The maximum atomic E-state index is 11.1. The van der Waals surface area contributed by atoms with E-state index in [9.17, 15) is 4.79 Å². The highest BCUT2D eigenvalue weighted by atomic mass is 79.9. The molecule has 0 aliphatic carbocycles. The average Bonchev–Trinajstić information content (AvgIpc) is 2.77. The van der Waals surface area contributed by atoms with Crippen molar-refractivity contribution in [2.24, 2.45) is 5.73 Å². The highest BCUT2D eigenvalue weighted by Crippen LogP contribution is 2.30. The summed E-state index contributed by atoms with van der Waals surface area (Å²) in [6, 6.07) is 5.32. The van der Waals surface area contributed by atoms with E-state index in [4.69, 9.17) is 10.5 Å². The number of nitrogens with one attached hydrogen (secondary N) is 1. The standard InChI is InChI=1S/C10H9BrN4O2/c1-17-7-3-2-5(4-6(7)11)8-9(10(12)16)14-15-13-8/h2-4H,1H3,(H2,12,16)(H,13,14,15). The molecule has 0 aliphatic heterocycles. The van der Waals surface area contributed by atoms with Crippen LogP contribution in [0.3, 0.4) is 0 Å². The highest BCUT2D eigenvalue weighted by molar-refractivity contribution is 9.10. The molecule has 6 nitrogen and oxygen atoms in total. The molecule has 0 spiro atoms. The molecule has 2 aromatic rings. The number of hydrogen-bond donors (Lipinski definition) is 2. The van der Waals surface area contributed by atoms with Crippen molar-refractivity contribution in [3.8, 4) is 17.0 Å². The van der Waals surface area contributed by atoms with Crippen LogP contribution in [-0.2, 0) is 0 Å². The van der Waals surface area contributed by atoms with Gasteiger partial charge in [-0.1, -0.05) is 0 Å². The van der Waals surface area contributed by atoms with Crippen molar-refractivity contribution in [2.45, 2.75) is 0 Å². The van der Waals surface area contributed by atoms with Gasteiger partial charge >= 0.3 is 0 Å². The summed E-state index contributed by atoms with van der Waals surface area (Å²) in [6.07, 6.45) is 0. The van der Waals surface area contributed by atoms with E-state index in [1.807, 2.05) is 0 Å². The van der Waals surface area contributed by atoms with Crippen LogP contribution in [0.1, 0.15) is 10.5 Å². The van der Waals surface area contributed by atoms with Gasteiger partial charge in [0.05, 0.1) is 11.6 Å². The van der Waals surface area contributed by atoms with Crippen molar-refractivity contribution in [1.82, 2.24) is 15.4 Å². The van der Waals surface area contributed by atoms with Crippen molar-refractivity contribution in [3.05, 3.63) is 28.4 Å². The number of methoxy groups -OCH3 is 1. The number of halogens is 1. The zero-order valence-electron chi connectivity index (χ0n) is 8.90. The molecule has 17 heavy (non-hydrogen) atoms. The molecule has 0 radical (unpaired) electrons. The van der Waals surface area contributed by atoms with Gasteiger partial charge in [-0.2, -0.15) is 15.4 Å². The van der Waals surface area contributed by atoms with Crippen molar-refractivity contribution in [1.29, 1.82) is 0 Å². The lowest BCUT2D eigenvalue weighted by Gasteiger charge is -2.04. The Balaban J connectivity index is 2.50. The van der Waals surface area contributed by atoms with Crippen LogP contribution in [0.5, 0.6) is 5.75 Å². The summed E-state index contributed by atoms with van der Waals surface area (Å²) < 4.78 is 5.87. The quantitative estimate of drug-likeness (QED) is 0.894. The molecule has 2 rings (SSSR count). The molecular formula is C10H9BrN4O2. The van der Waals surface area contributed by atoms with Gasteiger partial charge in [0.1, 0.15) is 11.4 Å². The maximum Gasteiger partial charge on any atom is 0.271 e. The van der Waals surface area contributed by atoms with Gasteiger partial charge in [0.2, 0.25) is 0 Å². The Bertz CT molecular complexity index is 567. The number of carbonyl (C=O) groups is 1. The lowest BCUT2D eigenvalue weighted by atomic mass is 10.1. The fraction of sp³-hybridized carbons (Fsp3) is 0.100. The van der Waals surface area contributed by atoms with Crippen molar-refractivity contribution >= 4 is 21.8 Å². The molecule has 0 saturated heterocycles. The highest BCUT2D eigenvalue weighted by Gasteiger charge is 2.15. The fourth-order valence-electron chi connectivity index (χ4n) is 1.42. The van der Waals surface area contributed by atoms with E-state index in [2.05, 4.69) is 31.3 Å². The number of ether oxygens (including phenoxy) is 1. The molecule has 88 valence electrons. The number of aromatic amines is 1. The molecule has 1 aromatic carbocycles. The molecule has 0 fully saturated rings. The summed E-state index contributed by atoms with van der Waals surface area (Å²) in [5.74, 6) is 0.0681. The van der Waals surface area contributed by atoms with E-state index in [1.54, 1.807) is 25.3 Å².